The molecular weight excluding hydrogens is 212 g/mol. The Bertz CT molecular complexity index is 521. The lowest BCUT2D eigenvalue weighted by molar-refractivity contribution is 1.23. The molecule has 4 heteroatoms. The minimum absolute atomic E-state index is 1.03. The van der Waals surface area contributed by atoms with E-state index in [0.29, 0.717) is 0 Å². The monoisotopic (exact) mass is 218 g/mol. The van der Waals surface area contributed by atoms with E-state index in [4.69, 9.17) is 0 Å². The van der Waals surface area contributed by atoms with E-state index in [1.807, 2.05) is 6.20 Å². The van der Waals surface area contributed by atoms with Crippen molar-refractivity contribution < 1.29 is 0 Å². The highest BCUT2D eigenvalue weighted by Crippen LogP contribution is 2.32. The van der Waals surface area contributed by atoms with Gasteiger partial charge in [-0.3, -0.25) is 0 Å². The molecule has 0 saturated heterocycles. The third kappa shape index (κ3) is 1.23. The van der Waals surface area contributed by atoms with Crippen molar-refractivity contribution in [3.63, 3.8) is 0 Å². The van der Waals surface area contributed by atoms with E-state index in [-0.39, 0.29) is 0 Å². The second-order valence-electron chi connectivity index (χ2n) is 2.89. The standard InChI is InChI=1S/C10H6N2S2/c1-2-13-5-7(1)9-3-8-10(14-9)4-11-6-12-8/h1-6H. The van der Waals surface area contributed by atoms with Gasteiger partial charge in [0.2, 0.25) is 0 Å². The Hall–Kier alpha value is -1.26. The van der Waals surface area contributed by atoms with Crippen LogP contribution in [0, 0.1) is 0 Å². The largest absolute Gasteiger partial charge is 0.243 e. The van der Waals surface area contributed by atoms with Crippen molar-refractivity contribution in [3.05, 3.63) is 35.4 Å². The lowest BCUT2D eigenvalue weighted by atomic mass is 10.3. The van der Waals surface area contributed by atoms with Crippen LogP contribution in [0.15, 0.2) is 35.4 Å². The average Bonchev–Trinajstić information content (AvgIpc) is 2.86. The normalized spacial score (nSPS) is 10.9. The summed E-state index contributed by atoms with van der Waals surface area (Å²) in [5.74, 6) is 0. The highest BCUT2D eigenvalue weighted by atomic mass is 32.1. The summed E-state index contributed by atoms with van der Waals surface area (Å²) < 4.78 is 1.15. The molecule has 0 aliphatic heterocycles. The van der Waals surface area contributed by atoms with E-state index in [2.05, 4.69) is 32.9 Å². The average molecular weight is 218 g/mol. The van der Waals surface area contributed by atoms with Crippen LogP contribution in [0.1, 0.15) is 0 Å². The van der Waals surface area contributed by atoms with Crippen molar-refractivity contribution in [1.29, 1.82) is 0 Å². The molecule has 0 saturated carbocycles. The molecule has 0 spiro atoms. The molecule has 3 heterocycles. The number of hydrogen-bond acceptors (Lipinski definition) is 4. The van der Waals surface area contributed by atoms with Crippen LogP contribution in [0.2, 0.25) is 0 Å². The first kappa shape index (κ1) is 8.08. The Morgan fingerprint density at radius 3 is 3.07 bits per heavy atom. The topological polar surface area (TPSA) is 25.8 Å². The third-order valence-corrected chi connectivity index (χ3v) is 3.79. The summed E-state index contributed by atoms with van der Waals surface area (Å²) in [5, 5.41) is 4.24. The van der Waals surface area contributed by atoms with Crippen LogP contribution in [-0.4, -0.2) is 9.97 Å². The second-order valence-corrected chi connectivity index (χ2v) is 4.76. The molecule has 3 rings (SSSR count). The van der Waals surface area contributed by atoms with Gasteiger partial charge in [-0.2, -0.15) is 11.3 Å². The Balaban J connectivity index is 2.24. The summed E-state index contributed by atoms with van der Waals surface area (Å²) in [6, 6.07) is 4.24. The SMILES string of the molecule is c1ncc2sc(-c3ccsc3)cc2n1. The molecule has 0 fully saturated rings. The summed E-state index contributed by atoms with van der Waals surface area (Å²) in [6.07, 6.45) is 3.45. The van der Waals surface area contributed by atoms with Gasteiger partial charge in [0.25, 0.3) is 0 Å². The van der Waals surface area contributed by atoms with Gasteiger partial charge in [-0.1, -0.05) is 0 Å². The van der Waals surface area contributed by atoms with E-state index < -0.39 is 0 Å². The Morgan fingerprint density at radius 1 is 1.29 bits per heavy atom. The van der Waals surface area contributed by atoms with Crippen LogP contribution < -0.4 is 0 Å². The molecule has 3 aromatic rings. The summed E-state index contributed by atoms with van der Waals surface area (Å²) >= 11 is 3.45. The maximum absolute atomic E-state index is 4.21. The minimum Gasteiger partial charge on any atom is -0.243 e. The smallest absolute Gasteiger partial charge is 0.116 e. The van der Waals surface area contributed by atoms with Gasteiger partial charge in [-0.15, -0.1) is 11.3 Å². The number of thiophene rings is 2. The van der Waals surface area contributed by atoms with Crippen molar-refractivity contribution in [2.45, 2.75) is 0 Å². The number of fused-ring (bicyclic) bond motifs is 1. The molecule has 0 aromatic carbocycles. The molecule has 0 atom stereocenters. The van der Waals surface area contributed by atoms with Gasteiger partial charge < -0.3 is 0 Å². The number of nitrogens with zero attached hydrogens (tertiary/aromatic N) is 2. The molecule has 14 heavy (non-hydrogen) atoms. The van der Waals surface area contributed by atoms with Crippen molar-refractivity contribution in [1.82, 2.24) is 9.97 Å². The first-order valence-corrected chi connectivity index (χ1v) is 5.91. The van der Waals surface area contributed by atoms with Gasteiger partial charge in [-0.05, 0) is 22.9 Å². The fourth-order valence-corrected chi connectivity index (χ4v) is 3.04. The first-order valence-electron chi connectivity index (χ1n) is 4.15. The molecule has 0 bridgehead atoms. The predicted octanol–water partition coefficient (Wildman–Crippen LogP) is 3.42. The second kappa shape index (κ2) is 3.15. The summed E-state index contributed by atoms with van der Waals surface area (Å²) in [4.78, 5) is 9.49. The first-order chi connectivity index (χ1) is 6.93. The van der Waals surface area contributed by atoms with Crippen molar-refractivity contribution in [2.75, 3.05) is 0 Å². The lowest BCUT2D eigenvalue weighted by Crippen LogP contribution is -1.72. The molecule has 0 aliphatic carbocycles. The van der Waals surface area contributed by atoms with E-state index in [0.717, 1.165) is 10.2 Å². The molecule has 0 N–H and O–H groups in total. The van der Waals surface area contributed by atoms with Crippen LogP contribution >= 0.6 is 22.7 Å². The van der Waals surface area contributed by atoms with Gasteiger partial charge >= 0.3 is 0 Å². The van der Waals surface area contributed by atoms with Crippen LogP contribution in [0.5, 0.6) is 0 Å². The van der Waals surface area contributed by atoms with Gasteiger partial charge in [-0.25, -0.2) is 9.97 Å². The molecule has 0 unspecified atom stereocenters. The van der Waals surface area contributed by atoms with Crippen molar-refractivity contribution in [3.8, 4) is 10.4 Å². The zero-order valence-corrected chi connectivity index (χ0v) is 8.81. The van der Waals surface area contributed by atoms with Crippen molar-refractivity contribution >= 4 is 32.9 Å². The minimum atomic E-state index is 1.03. The summed E-state index contributed by atoms with van der Waals surface area (Å²) in [6.45, 7) is 0. The van der Waals surface area contributed by atoms with E-state index in [9.17, 15) is 0 Å². The van der Waals surface area contributed by atoms with Crippen LogP contribution in [-0.2, 0) is 0 Å². The molecule has 68 valence electrons. The van der Waals surface area contributed by atoms with Crippen LogP contribution in [0.4, 0.5) is 0 Å². The lowest BCUT2D eigenvalue weighted by Gasteiger charge is -1.85. The molecule has 0 amide bonds. The van der Waals surface area contributed by atoms with Crippen LogP contribution in [0.25, 0.3) is 20.7 Å². The Labute approximate surface area is 88.9 Å². The molecular formula is C10H6N2S2. The maximum Gasteiger partial charge on any atom is 0.116 e. The van der Waals surface area contributed by atoms with Gasteiger partial charge in [0.15, 0.2) is 0 Å². The van der Waals surface area contributed by atoms with Gasteiger partial charge in [0.1, 0.15) is 6.33 Å². The molecule has 0 radical (unpaired) electrons. The highest BCUT2D eigenvalue weighted by Gasteiger charge is 2.04. The number of hydrogen-bond donors (Lipinski definition) is 0. The number of rotatable bonds is 1. The predicted molar refractivity (Wildman–Crippen MR) is 60.7 cm³/mol. The van der Waals surface area contributed by atoms with E-state index >= 15 is 0 Å². The fourth-order valence-electron chi connectivity index (χ4n) is 1.33. The fraction of sp³-hybridized carbons (Fsp3) is 0. The highest BCUT2D eigenvalue weighted by molar-refractivity contribution is 7.22. The van der Waals surface area contributed by atoms with Gasteiger partial charge in [0, 0.05) is 16.6 Å². The Kier molecular flexibility index (Phi) is 1.82. The van der Waals surface area contributed by atoms with E-state index in [1.54, 1.807) is 29.0 Å². The van der Waals surface area contributed by atoms with E-state index in [1.165, 1.54) is 10.4 Å². The number of aromatic nitrogens is 2. The van der Waals surface area contributed by atoms with Crippen LogP contribution in [0.3, 0.4) is 0 Å². The molecule has 0 aliphatic rings. The maximum atomic E-state index is 4.21. The summed E-state index contributed by atoms with van der Waals surface area (Å²) in [7, 11) is 0. The summed E-state index contributed by atoms with van der Waals surface area (Å²) in [5.41, 5.74) is 2.31. The molecule has 3 aromatic heterocycles. The Morgan fingerprint density at radius 2 is 2.29 bits per heavy atom. The third-order valence-electron chi connectivity index (χ3n) is 2.00. The molecule has 2 nitrogen and oxygen atoms in total. The van der Waals surface area contributed by atoms with Gasteiger partial charge in [0.05, 0.1) is 10.2 Å². The zero-order valence-electron chi connectivity index (χ0n) is 7.18. The zero-order chi connectivity index (χ0) is 9.38. The quantitative estimate of drug-likeness (QED) is 0.625. The van der Waals surface area contributed by atoms with Crippen molar-refractivity contribution in [2.24, 2.45) is 0 Å².